The summed E-state index contributed by atoms with van der Waals surface area (Å²) in [6, 6.07) is 0.265. The maximum absolute atomic E-state index is 10.6. The quantitative estimate of drug-likeness (QED) is 0.632. The SMILES string of the molecule is CC(CO)C1CCCCN1C=O. The molecule has 0 radical (unpaired) electrons. The summed E-state index contributed by atoms with van der Waals surface area (Å²) >= 11 is 0. The van der Waals surface area contributed by atoms with Gasteiger partial charge in [-0.05, 0) is 25.2 Å². The van der Waals surface area contributed by atoms with Crippen molar-refractivity contribution < 1.29 is 9.90 Å². The largest absolute Gasteiger partial charge is 0.396 e. The molecule has 0 aromatic carbocycles. The highest BCUT2D eigenvalue weighted by molar-refractivity contribution is 5.48. The van der Waals surface area contributed by atoms with Crippen LogP contribution in [-0.2, 0) is 4.79 Å². The van der Waals surface area contributed by atoms with Crippen LogP contribution in [0.25, 0.3) is 0 Å². The smallest absolute Gasteiger partial charge is 0.209 e. The van der Waals surface area contributed by atoms with E-state index in [9.17, 15) is 4.79 Å². The Morgan fingerprint density at radius 1 is 1.67 bits per heavy atom. The molecule has 0 aliphatic carbocycles. The summed E-state index contributed by atoms with van der Waals surface area (Å²) in [5, 5.41) is 8.96. The number of amides is 1. The lowest BCUT2D eigenvalue weighted by molar-refractivity contribution is -0.122. The van der Waals surface area contributed by atoms with Gasteiger partial charge in [0.25, 0.3) is 0 Å². The highest BCUT2D eigenvalue weighted by Gasteiger charge is 2.25. The first-order chi connectivity index (χ1) is 5.79. The maximum atomic E-state index is 10.6. The number of aliphatic hydroxyl groups excluding tert-OH is 1. The Morgan fingerprint density at radius 3 is 3.00 bits per heavy atom. The van der Waals surface area contributed by atoms with Gasteiger partial charge in [0, 0.05) is 19.2 Å². The lowest BCUT2D eigenvalue weighted by Gasteiger charge is -2.36. The van der Waals surface area contributed by atoms with E-state index in [2.05, 4.69) is 0 Å². The van der Waals surface area contributed by atoms with Crippen molar-refractivity contribution in [1.29, 1.82) is 0 Å². The van der Waals surface area contributed by atoms with Crippen LogP contribution >= 0.6 is 0 Å². The molecule has 0 aromatic heterocycles. The van der Waals surface area contributed by atoms with Crippen molar-refractivity contribution in [2.75, 3.05) is 13.2 Å². The van der Waals surface area contributed by atoms with Crippen LogP contribution in [0, 0.1) is 5.92 Å². The number of nitrogens with zero attached hydrogens (tertiary/aromatic N) is 1. The molecule has 1 aliphatic rings. The summed E-state index contributed by atoms with van der Waals surface area (Å²) in [4.78, 5) is 12.5. The Bertz CT molecular complexity index is 149. The molecule has 0 saturated carbocycles. The molecular weight excluding hydrogens is 154 g/mol. The summed E-state index contributed by atoms with van der Waals surface area (Å²) < 4.78 is 0. The third kappa shape index (κ3) is 1.97. The van der Waals surface area contributed by atoms with Gasteiger partial charge in [-0.25, -0.2) is 0 Å². The molecule has 3 nitrogen and oxygen atoms in total. The van der Waals surface area contributed by atoms with Crippen molar-refractivity contribution in [2.45, 2.75) is 32.2 Å². The average Bonchev–Trinajstić information content (AvgIpc) is 2.16. The summed E-state index contributed by atoms with van der Waals surface area (Å²) in [6.45, 7) is 3.03. The van der Waals surface area contributed by atoms with Gasteiger partial charge in [-0.15, -0.1) is 0 Å². The van der Waals surface area contributed by atoms with E-state index in [0.29, 0.717) is 0 Å². The average molecular weight is 171 g/mol. The van der Waals surface area contributed by atoms with Gasteiger partial charge in [0.15, 0.2) is 0 Å². The third-order valence-corrected chi connectivity index (χ3v) is 2.67. The van der Waals surface area contributed by atoms with Crippen molar-refractivity contribution >= 4 is 6.41 Å². The van der Waals surface area contributed by atoms with E-state index in [0.717, 1.165) is 25.8 Å². The molecule has 2 unspecified atom stereocenters. The van der Waals surface area contributed by atoms with E-state index in [1.807, 2.05) is 11.8 Å². The Balaban J connectivity index is 2.51. The fourth-order valence-corrected chi connectivity index (χ4v) is 1.84. The first-order valence-corrected chi connectivity index (χ1v) is 4.61. The fourth-order valence-electron chi connectivity index (χ4n) is 1.84. The number of carbonyl (C=O) groups excluding carboxylic acids is 1. The van der Waals surface area contributed by atoms with E-state index in [4.69, 9.17) is 5.11 Å². The minimum Gasteiger partial charge on any atom is -0.396 e. The molecule has 1 aliphatic heterocycles. The number of hydrogen-bond acceptors (Lipinski definition) is 2. The van der Waals surface area contributed by atoms with Gasteiger partial charge in [-0.3, -0.25) is 4.79 Å². The van der Waals surface area contributed by atoms with Gasteiger partial charge in [0.2, 0.25) is 6.41 Å². The van der Waals surface area contributed by atoms with E-state index < -0.39 is 0 Å². The van der Waals surface area contributed by atoms with Crippen LogP contribution in [0.2, 0.25) is 0 Å². The predicted octanol–water partition coefficient (Wildman–Crippen LogP) is 0.626. The third-order valence-electron chi connectivity index (χ3n) is 2.67. The second kappa shape index (κ2) is 4.45. The van der Waals surface area contributed by atoms with Crippen LogP contribution in [0.5, 0.6) is 0 Å². The van der Waals surface area contributed by atoms with Gasteiger partial charge < -0.3 is 10.0 Å². The molecule has 1 amide bonds. The summed E-state index contributed by atoms with van der Waals surface area (Å²) in [7, 11) is 0. The lowest BCUT2D eigenvalue weighted by Crippen LogP contribution is -2.43. The predicted molar refractivity (Wildman–Crippen MR) is 46.7 cm³/mol. The minimum atomic E-state index is 0.176. The molecule has 2 atom stereocenters. The number of rotatable bonds is 3. The fraction of sp³-hybridized carbons (Fsp3) is 0.889. The number of carbonyl (C=O) groups is 1. The summed E-state index contributed by atoms with van der Waals surface area (Å²) in [6.07, 6.45) is 4.24. The van der Waals surface area contributed by atoms with Crippen LogP contribution in [0.1, 0.15) is 26.2 Å². The van der Waals surface area contributed by atoms with Crippen LogP contribution in [-0.4, -0.2) is 35.6 Å². The molecule has 1 heterocycles. The Labute approximate surface area is 73.4 Å². The van der Waals surface area contributed by atoms with Crippen molar-refractivity contribution in [1.82, 2.24) is 4.90 Å². The van der Waals surface area contributed by atoms with Crippen molar-refractivity contribution in [3.05, 3.63) is 0 Å². The second-order valence-corrected chi connectivity index (χ2v) is 3.57. The number of piperidine rings is 1. The van der Waals surface area contributed by atoms with E-state index in [1.54, 1.807) is 0 Å². The first kappa shape index (κ1) is 9.52. The molecular formula is C9H17NO2. The molecule has 12 heavy (non-hydrogen) atoms. The van der Waals surface area contributed by atoms with Gasteiger partial charge in [0.05, 0.1) is 0 Å². The normalized spacial score (nSPS) is 26.8. The Hall–Kier alpha value is -0.570. The summed E-state index contributed by atoms with van der Waals surface area (Å²) in [5.74, 6) is 0.218. The standard InChI is InChI=1S/C9H17NO2/c1-8(6-11)9-4-2-3-5-10(9)7-12/h7-9,11H,2-6H2,1H3. The van der Waals surface area contributed by atoms with Gasteiger partial charge in [-0.1, -0.05) is 6.92 Å². The zero-order valence-corrected chi connectivity index (χ0v) is 7.57. The molecule has 0 aromatic rings. The number of aliphatic hydroxyl groups is 1. The topological polar surface area (TPSA) is 40.5 Å². The monoisotopic (exact) mass is 171 g/mol. The molecule has 0 bridgehead atoms. The minimum absolute atomic E-state index is 0.176. The number of hydrogen-bond donors (Lipinski definition) is 1. The van der Waals surface area contributed by atoms with Crippen molar-refractivity contribution in [2.24, 2.45) is 5.92 Å². The summed E-state index contributed by atoms with van der Waals surface area (Å²) in [5.41, 5.74) is 0. The van der Waals surface area contributed by atoms with Crippen molar-refractivity contribution in [3.63, 3.8) is 0 Å². The molecule has 0 spiro atoms. The van der Waals surface area contributed by atoms with Crippen LogP contribution in [0.15, 0.2) is 0 Å². The zero-order valence-electron chi connectivity index (χ0n) is 7.57. The Kier molecular flexibility index (Phi) is 3.53. The van der Waals surface area contributed by atoms with E-state index in [-0.39, 0.29) is 18.6 Å². The second-order valence-electron chi connectivity index (χ2n) is 3.57. The Morgan fingerprint density at radius 2 is 2.42 bits per heavy atom. The molecule has 3 heteroatoms. The highest BCUT2D eigenvalue weighted by Crippen LogP contribution is 2.21. The van der Waals surface area contributed by atoms with Gasteiger partial charge in [0.1, 0.15) is 0 Å². The van der Waals surface area contributed by atoms with Crippen LogP contribution < -0.4 is 0 Å². The first-order valence-electron chi connectivity index (χ1n) is 4.61. The molecule has 1 rings (SSSR count). The van der Waals surface area contributed by atoms with Crippen LogP contribution in [0.3, 0.4) is 0 Å². The molecule has 1 N–H and O–H groups in total. The molecule has 70 valence electrons. The van der Waals surface area contributed by atoms with Gasteiger partial charge >= 0.3 is 0 Å². The van der Waals surface area contributed by atoms with E-state index in [1.165, 1.54) is 6.42 Å². The highest BCUT2D eigenvalue weighted by atomic mass is 16.3. The van der Waals surface area contributed by atoms with Crippen molar-refractivity contribution in [3.8, 4) is 0 Å². The number of likely N-dealkylation sites (tertiary alicyclic amines) is 1. The molecule has 1 fully saturated rings. The van der Waals surface area contributed by atoms with E-state index >= 15 is 0 Å². The van der Waals surface area contributed by atoms with Gasteiger partial charge in [-0.2, -0.15) is 0 Å². The maximum Gasteiger partial charge on any atom is 0.209 e. The lowest BCUT2D eigenvalue weighted by atomic mass is 9.93. The van der Waals surface area contributed by atoms with Crippen LogP contribution in [0.4, 0.5) is 0 Å². The molecule has 1 saturated heterocycles. The zero-order chi connectivity index (χ0) is 8.97.